The summed E-state index contributed by atoms with van der Waals surface area (Å²) in [7, 11) is 2.06. The van der Waals surface area contributed by atoms with Crippen LogP contribution < -0.4 is 10.6 Å². The number of amides is 1. The van der Waals surface area contributed by atoms with Gasteiger partial charge in [0.2, 0.25) is 5.91 Å². The van der Waals surface area contributed by atoms with Crippen LogP contribution in [0.1, 0.15) is 25.7 Å². The van der Waals surface area contributed by atoms with Crippen LogP contribution in [-0.4, -0.2) is 62.8 Å². The lowest BCUT2D eigenvalue weighted by Crippen LogP contribution is -2.48. The minimum atomic E-state index is 0.155. The van der Waals surface area contributed by atoms with E-state index in [2.05, 4.69) is 22.6 Å². The maximum Gasteiger partial charge on any atom is 0.234 e. The highest BCUT2D eigenvalue weighted by Crippen LogP contribution is 2.10. The number of hydrogen-bond acceptors (Lipinski definition) is 4. The lowest BCUT2D eigenvalue weighted by atomic mass is 10.1. The first-order chi connectivity index (χ1) is 8.75. The van der Waals surface area contributed by atoms with Crippen LogP contribution in [0.4, 0.5) is 0 Å². The summed E-state index contributed by atoms with van der Waals surface area (Å²) in [5, 5.41) is 6.46. The molecule has 2 heterocycles. The van der Waals surface area contributed by atoms with Crippen LogP contribution >= 0.6 is 0 Å². The van der Waals surface area contributed by atoms with E-state index in [1.165, 1.54) is 0 Å². The van der Waals surface area contributed by atoms with Crippen LogP contribution in [0.2, 0.25) is 0 Å². The number of ether oxygens (including phenoxy) is 1. The smallest absolute Gasteiger partial charge is 0.234 e. The first-order valence-electron chi connectivity index (χ1n) is 7.04. The zero-order chi connectivity index (χ0) is 12.8. The second kappa shape index (κ2) is 7.07. The van der Waals surface area contributed by atoms with Gasteiger partial charge >= 0.3 is 0 Å². The zero-order valence-electron chi connectivity index (χ0n) is 11.3. The SMILES string of the molecule is CN(CC(=O)NC1CCOCC1)C1CCNCC1. The quantitative estimate of drug-likeness (QED) is 0.740. The highest BCUT2D eigenvalue weighted by molar-refractivity contribution is 5.78. The Morgan fingerprint density at radius 3 is 2.61 bits per heavy atom. The summed E-state index contributed by atoms with van der Waals surface area (Å²) in [4.78, 5) is 14.1. The van der Waals surface area contributed by atoms with E-state index in [0.29, 0.717) is 18.6 Å². The molecule has 0 aliphatic carbocycles. The van der Waals surface area contributed by atoms with Crippen molar-refractivity contribution in [2.75, 3.05) is 39.9 Å². The molecule has 5 heteroatoms. The molecule has 2 aliphatic heterocycles. The third-order valence-corrected chi connectivity index (χ3v) is 3.91. The maximum atomic E-state index is 12.0. The molecule has 5 nitrogen and oxygen atoms in total. The van der Waals surface area contributed by atoms with Crippen LogP contribution in [0.3, 0.4) is 0 Å². The van der Waals surface area contributed by atoms with Gasteiger partial charge in [-0.2, -0.15) is 0 Å². The van der Waals surface area contributed by atoms with Crippen molar-refractivity contribution in [2.24, 2.45) is 0 Å². The van der Waals surface area contributed by atoms with Crippen molar-refractivity contribution >= 4 is 5.91 Å². The maximum absolute atomic E-state index is 12.0. The number of hydrogen-bond donors (Lipinski definition) is 2. The predicted octanol–water partition coefficient (Wildman–Crippen LogP) is -0.0346. The van der Waals surface area contributed by atoms with E-state index in [1.54, 1.807) is 0 Å². The molecule has 2 fully saturated rings. The molecule has 0 spiro atoms. The van der Waals surface area contributed by atoms with Crippen molar-refractivity contribution in [1.82, 2.24) is 15.5 Å². The van der Waals surface area contributed by atoms with Crippen LogP contribution in [0.5, 0.6) is 0 Å². The van der Waals surface area contributed by atoms with Gasteiger partial charge in [0.25, 0.3) is 0 Å². The molecule has 1 amide bonds. The molecule has 2 N–H and O–H groups in total. The third kappa shape index (κ3) is 4.23. The minimum absolute atomic E-state index is 0.155. The van der Waals surface area contributed by atoms with E-state index < -0.39 is 0 Å². The van der Waals surface area contributed by atoms with Crippen molar-refractivity contribution in [3.63, 3.8) is 0 Å². The summed E-state index contributed by atoms with van der Waals surface area (Å²) in [5.74, 6) is 0.155. The summed E-state index contributed by atoms with van der Waals surface area (Å²) in [6.45, 7) is 4.19. The Balaban J connectivity index is 1.68. The third-order valence-electron chi connectivity index (χ3n) is 3.91. The van der Waals surface area contributed by atoms with Gasteiger partial charge in [-0.25, -0.2) is 0 Å². The summed E-state index contributed by atoms with van der Waals surface area (Å²) in [6.07, 6.45) is 4.17. The van der Waals surface area contributed by atoms with Crippen LogP contribution in [0, 0.1) is 0 Å². The van der Waals surface area contributed by atoms with Gasteiger partial charge in [0, 0.05) is 25.3 Å². The van der Waals surface area contributed by atoms with Crippen LogP contribution in [0.15, 0.2) is 0 Å². The predicted molar refractivity (Wildman–Crippen MR) is 70.5 cm³/mol. The Labute approximate surface area is 109 Å². The molecule has 2 saturated heterocycles. The number of likely N-dealkylation sites (N-methyl/N-ethyl adjacent to an activating group) is 1. The Kier molecular flexibility index (Phi) is 5.41. The average molecular weight is 255 g/mol. The van der Waals surface area contributed by atoms with E-state index in [1.807, 2.05) is 0 Å². The number of carbonyl (C=O) groups excluding carboxylic acids is 1. The number of nitrogens with one attached hydrogen (secondary N) is 2. The molecular formula is C13H25N3O2. The van der Waals surface area contributed by atoms with E-state index in [0.717, 1.165) is 52.0 Å². The normalized spacial score (nSPS) is 23.2. The van der Waals surface area contributed by atoms with Crippen molar-refractivity contribution in [1.29, 1.82) is 0 Å². The van der Waals surface area contributed by atoms with Gasteiger partial charge in [0.05, 0.1) is 6.54 Å². The molecule has 0 radical (unpaired) electrons. The molecule has 0 saturated carbocycles. The van der Waals surface area contributed by atoms with Gasteiger partial charge in [0.1, 0.15) is 0 Å². The van der Waals surface area contributed by atoms with Crippen molar-refractivity contribution in [3.05, 3.63) is 0 Å². The number of carbonyl (C=O) groups is 1. The number of piperidine rings is 1. The van der Waals surface area contributed by atoms with Gasteiger partial charge < -0.3 is 15.4 Å². The molecule has 2 aliphatic rings. The highest BCUT2D eigenvalue weighted by Gasteiger charge is 2.21. The number of rotatable bonds is 4. The topological polar surface area (TPSA) is 53.6 Å². The van der Waals surface area contributed by atoms with Crippen molar-refractivity contribution in [3.8, 4) is 0 Å². The molecule has 18 heavy (non-hydrogen) atoms. The molecular weight excluding hydrogens is 230 g/mol. The second-order valence-corrected chi connectivity index (χ2v) is 5.35. The van der Waals surface area contributed by atoms with Gasteiger partial charge in [-0.05, 0) is 45.8 Å². The standard InChI is InChI=1S/C13H25N3O2/c1-16(12-2-6-14-7-3-12)10-13(17)15-11-4-8-18-9-5-11/h11-12,14H,2-10H2,1H3,(H,15,17). The van der Waals surface area contributed by atoms with Gasteiger partial charge in [-0.3, -0.25) is 9.69 Å². The second-order valence-electron chi connectivity index (χ2n) is 5.35. The molecule has 0 atom stereocenters. The Bertz CT molecular complexity index is 261. The largest absolute Gasteiger partial charge is 0.381 e. The van der Waals surface area contributed by atoms with E-state index in [4.69, 9.17) is 4.74 Å². The molecule has 0 aromatic rings. The molecule has 104 valence electrons. The Hall–Kier alpha value is -0.650. The summed E-state index contributed by atoms with van der Waals surface area (Å²) < 4.78 is 5.29. The van der Waals surface area contributed by atoms with E-state index in [-0.39, 0.29) is 5.91 Å². The molecule has 0 aromatic heterocycles. The lowest BCUT2D eigenvalue weighted by Gasteiger charge is -2.32. The van der Waals surface area contributed by atoms with Gasteiger partial charge in [-0.1, -0.05) is 0 Å². The van der Waals surface area contributed by atoms with Crippen LogP contribution in [0.25, 0.3) is 0 Å². The minimum Gasteiger partial charge on any atom is -0.381 e. The van der Waals surface area contributed by atoms with Crippen LogP contribution in [-0.2, 0) is 9.53 Å². The molecule has 2 rings (SSSR count). The fourth-order valence-corrected chi connectivity index (χ4v) is 2.72. The van der Waals surface area contributed by atoms with E-state index in [9.17, 15) is 4.79 Å². The summed E-state index contributed by atoms with van der Waals surface area (Å²) >= 11 is 0. The van der Waals surface area contributed by atoms with Gasteiger partial charge in [-0.15, -0.1) is 0 Å². The summed E-state index contributed by atoms with van der Waals surface area (Å²) in [5.41, 5.74) is 0. The van der Waals surface area contributed by atoms with E-state index >= 15 is 0 Å². The van der Waals surface area contributed by atoms with Gasteiger partial charge in [0.15, 0.2) is 0 Å². The molecule has 0 bridgehead atoms. The van der Waals surface area contributed by atoms with Crippen molar-refractivity contribution < 1.29 is 9.53 Å². The zero-order valence-corrected chi connectivity index (χ0v) is 11.3. The average Bonchev–Trinajstić information content (AvgIpc) is 2.40. The Morgan fingerprint density at radius 1 is 1.28 bits per heavy atom. The van der Waals surface area contributed by atoms with Crippen molar-refractivity contribution in [2.45, 2.75) is 37.8 Å². The number of nitrogens with zero attached hydrogens (tertiary/aromatic N) is 1. The Morgan fingerprint density at radius 2 is 1.94 bits per heavy atom. The summed E-state index contributed by atoms with van der Waals surface area (Å²) in [6, 6.07) is 0.861. The molecule has 0 unspecified atom stereocenters. The fourth-order valence-electron chi connectivity index (χ4n) is 2.72. The molecule has 0 aromatic carbocycles. The fraction of sp³-hybridized carbons (Fsp3) is 0.923. The first kappa shape index (κ1) is 13.8. The monoisotopic (exact) mass is 255 g/mol. The highest BCUT2D eigenvalue weighted by atomic mass is 16.5. The first-order valence-corrected chi connectivity index (χ1v) is 7.04. The lowest BCUT2D eigenvalue weighted by molar-refractivity contribution is -0.123.